The van der Waals surface area contributed by atoms with Crippen LogP contribution in [0.15, 0.2) is 47.1 Å². The molecule has 0 saturated carbocycles. The smallest absolute Gasteiger partial charge is 0.260 e. The van der Waals surface area contributed by atoms with Gasteiger partial charge in [-0.2, -0.15) is 0 Å². The van der Waals surface area contributed by atoms with Crippen LogP contribution in [0.25, 0.3) is 11.0 Å². The second-order valence-corrected chi connectivity index (χ2v) is 5.08. The van der Waals surface area contributed by atoms with Crippen LogP contribution in [-0.4, -0.2) is 26.0 Å². The molecule has 2 aromatic heterocycles. The molecule has 3 aromatic rings. The van der Waals surface area contributed by atoms with Crippen molar-refractivity contribution in [2.75, 3.05) is 0 Å². The summed E-state index contributed by atoms with van der Waals surface area (Å²) in [5, 5.41) is 11.1. The quantitative estimate of drug-likeness (QED) is 0.479. The van der Waals surface area contributed by atoms with Gasteiger partial charge in [-0.3, -0.25) is 15.6 Å². The summed E-state index contributed by atoms with van der Waals surface area (Å²) in [6.07, 6.45) is 1.58. The van der Waals surface area contributed by atoms with Crippen LogP contribution in [0, 0.1) is 0 Å². The largest absolute Gasteiger partial charge is 0.467 e. The maximum atomic E-state index is 11.9. The molecule has 0 spiro atoms. The number of hydrogen-bond donors (Lipinski definition) is 3. The topological polar surface area (TPSA) is 97.0 Å². The molecule has 1 aromatic carbocycles. The van der Waals surface area contributed by atoms with Crippen molar-refractivity contribution < 1.29 is 9.21 Å². The molecule has 2 heterocycles. The molecule has 0 aliphatic rings. The third-order valence-corrected chi connectivity index (χ3v) is 3.28. The number of hydrazine groups is 1. The third-order valence-electron chi connectivity index (χ3n) is 3.03. The van der Waals surface area contributed by atoms with Crippen molar-refractivity contribution in [3.8, 4) is 0 Å². The van der Waals surface area contributed by atoms with E-state index in [9.17, 15) is 4.79 Å². The van der Waals surface area contributed by atoms with Crippen molar-refractivity contribution in [3.05, 3.63) is 48.4 Å². The second-order valence-electron chi connectivity index (χ2n) is 4.67. The first kappa shape index (κ1) is 15.0. The molecule has 0 unspecified atom stereocenters. The molecule has 3 N–H and O–H groups in total. The van der Waals surface area contributed by atoms with Crippen molar-refractivity contribution in [3.63, 3.8) is 0 Å². The molecule has 0 radical (unpaired) electrons. The number of hydrogen-bond acceptors (Lipinski definition) is 5. The van der Waals surface area contributed by atoms with Crippen molar-refractivity contribution in [2.45, 2.75) is 13.1 Å². The average molecular weight is 330 g/mol. The minimum atomic E-state index is -0.289. The summed E-state index contributed by atoms with van der Waals surface area (Å²) in [6, 6.07) is 11.0. The number of aromatic nitrogens is 3. The van der Waals surface area contributed by atoms with Crippen LogP contribution in [0.1, 0.15) is 5.76 Å². The van der Waals surface area contributed by atoms with E-state index in [0.29, 0.717) is 6.54 Å². The molecule has 118 valence electrons. The molecular weight excluding hydrogens is 316 g/mol. The lowest BCUT2D eigenvalue weighted by atomic mass is 10.3. The van der Waals surface area contributed by atoms with E-state index in [4.69, 9.17) is 16.6 Å². The Hall–Kier alpha value is -2.94. The van der Waals surface area contributed by atoms with E-state index >= 15 is 0 Å². The highest BCUT2D eigenvalue weighted by Crippen LogP contribution is 2.08. The summed E-state index contributed by atoms with van der Waals surface area (Å²) in [5.41, 5.74) is 6.66. The van der Waals surface area contributed by atoms with Gasteiger partial charge >= 0.3 is 0 Å². The van der Waals surface area contributed by atoms with E-state index in [0.717, 1.165) is 16.8 Å². The predicted octanol–water partition coefficient (Wildman–Crippen LogP) is 0.720. The molecule has 1 amide bonds. The highest BCUT2D eigenvalue weighted by atomic mass is 32.1. The van der Waals surface area contributed by atoms with Crippen LogP contribution in [0.3, 0.4) is 0 Å². The molecule has 9 heteroatoms. The second kappa shape index (κ2) is 6.88. The van der Waals surface area contributed by atoms with E-state index in [1.807, 2.05) is 30.3 Å². The molecule has 0 aliphatic heterocycles. The molecule has 0 fully saturated rings. The Balaban J connectivity index is 1.47. The summed E-state index contributed by atoms with van der Waals surface area (Å²) in [5.74, 6) is 0.456. The van der Waals surface area contributed by atoms with Crippen LogP contribution in [0.5, 0.6) is 0 Å². The zero-order valence-corrected chi connectivity index (χ0v) is 12.8. The predicted molar refractivity (Wildman–Crippen MR) is 87.0 cm³/mol. The molecule has 0 aliphatic carbocycles. The number of benzene rings is 1. The summed E-state index contributed by atoms with van der Waals surface area (Å²) in [6.45, 7) is 0.469. The molecule has 23 heavy (non-hydrogen) atoms. The van der Waals surface area contributed by atoms with Gasteiger partial charge in [-0.1, -0.05) is 17.3 Å². The number of para-hydroxylation sites is 1. The van der Waals surface area contributed by atoms with Gasteiger partial charge in [0.25, 0.3) is 5.91 Å². The third kappa shape index (κ3) is 3.83. The van der Waals surface area contributed by atoms with Gasteiger partial charge in [0.2, 0.25) is 0 Å². The number of furan rings is 1. The van der Waals surface area contributed by atoms with Crippen molar-refractivity contribution in [1.29, 1.82) is 0 Å². The van der Waals surface area contributed by atoms with Gasteiger partial charge in [-0.25, -0.2) is 4.68 Å². The van der Waals surface area contributed by atoms with E-state index in [1.54, 1.807) is 12.3 Å². The number of carbonyl (C=O) groups excluding carboxylic acids is 1. The zero-order valence-electron chi connectivity index (χ0n) is 12.0. The van der Waals surface area contributed by atoms with Crippen molar-refractivity contribution in [1.82, 2.24) is 31.2 Å². The zero-order chi connectivity index (χ0) is 16.1. The van der Waals surface area contributed by atoms with Crippen LogP contribution in [0.4, 0.5) is 0 Å². The number of thiocarbonyl (C=S) groups is 1. The normalized spacial score (nSPS) is 10.4. The number of fused-ring (bicyclic) bond motifs is 1. The minimum Gasteiger partial charge on any atom is -0.467 e. The molecular formula is C14H14N6O2S. The summed E-state index contributed by atoms with van der Waals surface area (Å²) < 4.78 is 6.68. The Kier molecular flexibility index (Phi) is 4.48. The van der Waals surface area contributed by atoms with Crippen molar-refractivity contribution in [2.24, 2.45) is 0 Å². The molecule has 0 atom stereocenters. The first-order valence-corrected chi connectivity index (χ1v) is 7.26. The molecule has 0 bridgehead atoms. The van der Waals surface area contributed by atoms with Gasteiger partial charge < -0.3 is 9.73 Å². The Bertz CT molecular complexity index is 814. The fourth-order valence-electron chi connectivity index (χ4n) is 1.96. The van der Waals surface area contributed by atoms with E-state index in [-0.39, 0.29) is 17.6 Å². The Labute approximate surface area is 136 Å². The standard InChI is InChI=1S/C14H14N6O2S/c21-13(9-20-12-6-2-1-5-11(12)16-19-20)17-18-14(23)15-8-10-4-3-7-22-10/h1-7H,8-9H2,(H,17,21)(H2,15,18,23). The van der Waals surface area contributed by atoms with E-state index in [1.165, 1.54) is 4.68 Å². The highest BCUT2D eigenvalue weighted by Gasteiger charge is 2.08. The Morgan fingerprint density at radius 2 is 2.09 bits per heavy atom. The van der Waals surface area contributed by atoms with Crippen LogP contribution >= 0.6 is 12.2 Å². The van der Waals surface area contributed by atoms with Crippen LogP contribution in [-0.2, 0) is 17.9 Å². The SMILES string of the molecule is O=C(Cn1nnc2ccccc21)NNC(=S)NCc1ccco1. The fourth-order valence-corrected chi connectivity index (χ4v) is 2.08. The summed E-state index contributed by atoms with van der Waals surface area (Å²) in [7, 11) is 0. The maximum absolute atomic E-state index is 11.9. The lowest BCUT2D eigenvalue weighted by Crippen LogP contribution is -2.47. The molecule has 8 nitrogen and oxygen atoms in total. The van der Waals surface area contributed by atoms with Gasteiger partial charge in [-0.05, 0) is 36.5 Å². The first-order chi connectivity index (χ1) is 11.2. The highest BCUT2D eigenvalue weighted by molar-refractivity contribution is 7.80. The first-order valence-electron chi connectivity index (χ1n) is 6.85. The number of rotatable bonds is 4. The maximum Gasteiger partial charge on any atom is 0.260 e. The van der Waals surface area contributed by atoms with Gasteiger partial charge in [0.1, 0.15) is 17.8 Å². The van der Waals surface area contributed by atoms with Crippen molar-refractivity contribution >= 4 is 34.3 Å². The lowest BCUT2D eigenvalue weighted by Gasteiger charge is -2.10. The number of nitrogens with one attached hydrogen (secondary N) is 3. The lowest BCUT2D eigenvalue weighted by molar-refractivity contribution is -0.122. The van der Waals surface area contributed by atoms with Crippen LogP contribution < -0.4 is 16.2 Å². The fraction of sp³-hybridized carbons (Fsp3) is 0.143. The summed E-state index contributed by atoms with van der Waals surface area (Å²) in [4.78, 5) is 11.9. The van der Waals surface area contributed by atoms with Crippen LogP contribution in [0.2, 0.25) is 0 Å². The van der Waals surface area contributed by atoms with Gasteiger partial charge in [0.05, 0.1) is 18.3 Å². The average Bonchev–Trinajstić information content (AvgIpc) is 3.21. The van der Waals surface area contributed by atoms with Gasteiger partial charge in [0, 0.05) is 0 Å². The number of carbonyl (C=O) groups is 1. The molecule has 3 rings (SSSR count). The van der Waals surface area contributed by atoms with E-state index in [2.05, 4.69) is 26.5 Å². The van der Waals surface area contributed by atoms with E-state index < -0.39 is 0 Å². The van der Waals surface area contributed by atoms with Gasteiger partial charge in [-0.15, -0.1) is 5.10 Å². The monoisotopic (exact) mass is 330 g/mol. The number of nitrogens with zero attached hydrogens (tertiary/aromatic N) is 3. The molecule has 0 saturated heterocycles. The summed E-state index contributed by atoms with van der Waals surface area (Å²) >= 11 is 5.06. The Morgan fingerprint density at radius 1 is 1.22 bits per heavy atom. The Morgan fingerprint density at radius 3 is 2.91 bits per heavy atom. The van der Waals surface area contributed by atoms with Gasteiger partial charge in [0.15, 0.2) is 5.11 Å². The minimum absolute atomic E-state index is 0.0360. The number of amides is 1.